The maximum atomic E-state index is 6.64. The van der Waals surface area contributed by atoms with Gasteiger partial charge in [-0.05, 0) is 66.8 Å². The molecule has 1 aliphatic carbocycles. The van der Waals surface area contributed by atoms with Crippen LogP contribution in [0.3, 0.4) is 0 Å². The predicted molar refractivity (Wildman–Crippen MR) is 163 cm³/mol. The van der Waals surface area contributed by atoms with E-state index < -0.39 is 0 Å². The molecule has 0 atom stereocenters. The number of ether oxygens (including phenoxy) is 1. The molecule has 1 saturated heterocycles. The van der Waals surface area contributed by atoms with Gasteiger partial charge in [0, 0.05) is 36.6 Å². The van der Waals surface area contributed by atoms with Gasteiger partial charge >= 0.3 is 5.82 Å². The summed E-state index contributed by atoms with van der Waals surface area (Å²) in [5.41, 5.74) is 13.6. The highest BCUT2D eigenvalue weighted by molar-refractivity contribution is 5.93. The van der Waals surface area contributed by atoms with Gasteiger partial charge in [-0.25, -0.2) is 4.98 Å². The molecule has 1 aliphatic heterocycles. The molecule has 0 radical (unpaired) electrons. The number of nitrogens with two attached hydrogens (primary N) is 1. The number of morpholine rings is 1. The van der Waals surface area contributed by atoms with Crippen LogP contribution in [0.15, 0.2) is 97.5 Å². The molecule has 2 N–H and O–H groups in total. The van der Waals surface area contributed by atoms with E-state index in [0.29, 0.717) is 0 Å². The number of rotatable bonds is 5. The Balaban J connectivity index is 1.30. The van der Waals surface area contributed by atoms with Crippen LogP contribution in [0.5, 0.6) is 0 Å². The summed E-state index contributed by atoms with van der Waals surface area (Å²) in [5.74, 6) is 1.77. The van der Waals surface area contributed by atoms with Crippen LogP contribution in [0.2, 0.25) is 0 Å². The zero-order valence-corrected chi connectivity index (χ0v) is 23.4. The molecule has 208 valence electrons. The average molecular weight is 555 g/mol. The third-order valence-corrected chi connectivity index (χ3v) is 8.77. The second-order valence-electron chi connectivity index (χ2n) is 11.3. The van der Waals surface area contributed by atoms with Crippen LogP contribution < -0.4 is 15.0 Å². The summed E-state index contributed by atoms with van der Waals surface area (Å²) in [6.45, 7) is 3.15. The monoisotopic (exact) mass is 554 g/mol. The highest BCUT2D eigenvalue weighted by Gasteiger charge is 2.34. The fourth-order valence-corrected chi connectivity index (χ4v) is 6.15. The molecule has 0 spiro atoms. The minimum Gasteiger partial charge on any atom is -0.378 e. The third-order valence-electron chi connectivity index (χ3n) is 8.77. The normalized spacial score (nSPS) is 16.5. The molecule has 8 heteroatoms. The van der Waals surface area contributed by atoms with Crippen molar-refractivity contribution in [1.29, 1.82) is 0 Å². The third kappa shape index (κ3) is 4.22. The lowest BCUT2D eigenvalue weighted by Gasteiger charge is -2.38. The summed E-state index contributed by atoms with van der Waals surface area (Å²) in [4.78, 5) is 11.9. The summed E-state index contributed by atoms with van der Waals surface area (Å²) in [5, 5.41) is 6.22. The molecule has 4 aromatic heterocycles. The molecule has 0 bridgehead atoms. The smallest absolute Gasteiger partial charge is 0.315 e. The lowest BCUT2D eigenvalue weighted by Crippen LogP contribution is -2.43. The maximum absolute atomic E-state index is 6.64. The Morgan fingerprint density at radius 3 is 2.31 bits per heavy atom. The molecule has 1 saturated carbocycles. The van der Waals surface area contributed by atoms with Crippen LogP contribution in [-0.2, 0) is 10.3 Å². The zero-order valence-electron chi connectivity index (χ0n) is 23.4. The van der Waals surface area contributed by atoms with E-state index >= 15 is 0 Å². The number of pyridine rings is 3. The van der Waals surface area contributed by atoms with Gasteiger partial charge in [0.1, 0.15) is 11.5 Å². The van der Waals surface area contributed by atoms with Crippen LogP contribution in [0.1, 0.15) is 24.8 Å². The lowest BCUT2D eigenvalue weighted by atomic mass is 9.73. The molecule has 2 aromatic carbocycles. The van der Waals surface area contributed by atoms with E-state index in [-0.39, 0.29) is 5.54 Å². The van der Waals surface area contributed by atoms with Crippen LogP contribution in [-0.4, -0.2) is 46.1 Å². The Labute approximate surface area is 244 Å². The van der Waals surface area contributed by atoms with Gasteiger partial charge in [-0.3, -0.25) is 4.98 Å². The van der Waals surface area contributed by atoms with E-state index in [1.54, 1.807) is 0 Å². The molecule has 8 nitrogen and oxygen atoms in total. The Kier molecular flexibility index (Phi) is 5.98. The molecular formula is C34H32N7O+. The van der Waals surface area contributed by atoms with Crippen LogP contribution in [0.25, 0.3) is 44.8 Å². The quantitative estimate of drug-likeness (QED) is 0.300. The van der Waals surface area contributed by atoms with E-state index in [1.165, 1.54) is 12.0 Å². The predicted octanol–water partition coefficient (Wildman–Crippen LogP) is 5.06. The van der Waals surface area contributed by atoms with Crippen molar-refractivity contribution in [3.8, 4) is 28.2 Å². The van der Waals surface area contributed by atoms with Crippen molar-refractivity contribution in [2.24, 2.45) is 5.73 Å². The van der Waals surface area contributed by atoms with Gasteiger partial charge in [0.25, 0.3) is 5.65 Å². The standard InChI is InChI=1S/C34H32N7O/c35-34(14-4-15-34)27-8-10-28(11-9-27)41-33-29-21-26(24-5-2-1-3-6-24)23-36-30(29)13-16-40(33)32(38-41)25-7-12-31(37-22-25)39-17-19-42-20-18-39/h1-3,5-13,16,21-23H,4,14-15,17-20,35H2/q+1. The fraction of sp³-hybridized carbons (Fsp3) is 0.235. The van der Waals surface area contributed by atoms with Crippen molar-refractivity contribution >= 4 is 22.4 Å². The Morgan fingerprint density at radius 1 is 0.810 bits per heavy atom. The summed E-state index contributed by atoms with van der Waals surface area (Å²) in [6.07, 6.45) is 9.16. The molecule has 5 heterocycles. The molecule has 2 fully saturated rings. The Bertz CT molecular complexity index is 1890. The summed E-state index contributed by atoms with van der Waals surface area (Å²) >= 11 is 0. The highest BCUT2D eigenvalue weighted by Crippen LogP contribution is 2.39. The van der Waals surface area contributed by atoms with Crippen LogP contribution >= 0.6 is 0 Å². The van der Waals surface area contributed by atoms with Crippen molar-refractivity contribution < 1.29 is 9.14 Å². The molecule has 0 unspecified atom stereocenters. The first kappa shape index (κ1) is 25.1. The largest absolute Gasteiger partial charge is 0.378 e. The SMILES string of the molecule is NC1(c2ccc(-n3nc(-c4ccc(N5CCOCC5)nc4)[n+]4ccc5ncc(-c6ccccc6)cc5c34)cc2)CCC1. The van der Waals surface area contributed by atoms with Gasteiger partial charge in [0.2, 0.25) is 0 Å². The van der Waals surface area contributed by atoms with Crippen molar-refractivity contribution in [2.75, 3.05) is 31.2 Å². The second kappa shape index (κ2) is 10.0. The first-order valence-electron chi connectivity index (χ1n) is 14.6. The van der Waals surface area contributed by atoms with Crippen molar-refractivity contribution in [1.82, 2.24) is 19.7 Å². The molecular weight excluding hydrogens is 522 g/mol. The van der Waals surface area contributed by atoms with Crippen molar-refractivity contribution in [2.45, 2.75) is 24.8 Å². The number of anilines is 1. The fourth-order valence-electron chi connectivity index (χ4n) is 6.15. The van der Waals surface area contributed by atoms with Crippen molar-refractivity contribution in [3.63, 3.8) is 0 Å². The van der Waals surface area contributed by atoms with E-state index in [2.05, 4.69) is 88.3 Å². The minimum atomic E-state index is -0.209. The first-order chi connectivity index (χ1) is 20.7. The van der Waals surface area contributed by atoms with Crippen LogP contribution in [0, 0.1) is 0 Å². The van der Waals surface area contributed by atoms with E-state index in [4.69, 9.17) is 25.5 Å². The topological polar surface area (TPSA) is 86.2 Å². The number of fused-ring (bicyclic) bond motifs is 3. The lowest BCUT2D eigenvalue weighted by molar-refractivity contribution is -0.498. The molecule has 42 heavy (non-hydrogen) atoms. The van der Waals surface area contributed by atoms with E-state index in [1.807, 2.05) is 23.1 Å². The van der Waals surface area contributed by atoms with E-state index in [9.17, 15) is 0 Å². The number of hydrogen-bond donors (Lipinski definition) is 1. The molecule has 2 aliphatic rings. The number of benzene rings is 2. The highest BCUT2D eigenvalue weighted by atomic mass is 16.5. The number of hydrogen-bond acceptors (Lipinski definition) is 6. The summed E-state index contributed by atoms with van der Waals surface area (Å²) in [6, 6.07) is 27.4. The van der Waals surface area contributed by atoms with Gasteiger partial charge in [-0.15, -0.1) is 0 Å². The van der Waals surface area contributed by atoms with Gasteiger partial charge in [0.15, 0.2) is 0 Å². The second-order valence-corrected chi connectivity index (χ2v) is 11.3. The minimum absolute atomic E-state index is 0.209. The van der Waals surface area contributed by atoms with Crippen LogP contribution in [0.4, 0.5) is 5.82 Å². The zero-order chi connectivity index (χ0) is 28.1. The Hall–Kier alpha value is -4.66. The van der Waals surface area contributed by atoms with Gasteiger partial charge in [-0.2, -0.15) is 4.40 Å². The number of nitrogens with zero attached hydrogens (tertiary/aromatic N) is 6. The van der Waals surface area contributed by atoms with Crippen molar-refractivity contribution in [3.05, 3.63) is 103 Å². The average Bonchev–Trinajstić information content (AvgIpc) is 3.45. The number of aromatic nitrogens is 5. The molecule has 0 amide bonds. The van der Waals surface area contributed by atoms with Gasteiger partial charge < -0.3 is 15.4 Å². The maximum Gasteiger partial charge on any atom is 0.315 e. The summed E-state index contributed by atoms with van der Waals surface area (Å²) < 4.78 is 9.69. The summed E-state index contributed by atoms with van der Waals surface area (Å²) in [7, 11) is 0. The van der Waals surface area contributed by atoms with Gasteiger partial charge in [-0.1, -0.05) is 47.1 Å². The molecule has 6 aromatic rings. The van der Waals surface area contributed by atoms with Gasteiger partial charge in [0.05, 0.1) is 41.0 Å². The first-order valence-corrected chi connectivity index (χ1v) is 14.6. The Morgan fingerprint density at radius 2 is 1.60 bits per heavy atom. The van der Waals surface area contributed by atoms with E-state index in [0.717, 1.165) is 89.7 Å². The molecule has 8 rings (SSSR count).